The number of rotatable bonds is 7. The minimum Gasteiger partial charge on any atom is -0.455 e. The lowest BCUT2D eigenvalue weighted by Crippen LogP contribution is -2.25. The first kappa shape index (κ1) is 19.5. The molecule has 0 radical (unpaired) electrons. The molecular weight excluding hydrogens is 352 g/mol. The highest BCUT2D eigenvalue weighted by Gasteiger charge is 2.17. The molecule has 0 saturated carbocycles. The largest absolute Gasteiger partial charge is 0.455 e. The number of hydrogen-bond donors (Lipinski definition) is 2. The lowest BCUT2D eigenvalue weighted by atomic mass is 10.2. The van der Waals surface area contributed by atoms with Crippen LogP contribution in [-0.2, 0) is 14.3 Å². The molecule has 0 aromatic heterocycles. The van der Waals surface area contributed by atoms with Crippen LogP contribution in [0.3, 0.4) is 0 Å². The molecule has 2 rings (SSSR count). The van der Waals surface area contributed by atoms with Gasteiger partial charge in [-0.3, -0.25) is 14.4 Å². The van der Waals surface area contributed by atoms with Gasteiger partial charge >= 0.3 is 5.97 Å². The molecule has 0 unspecified atom stereocenters. The van der Waals surface area contributed by atoms with Crippen LogP contribution in [0.25, 0.3) is 0 Å². The molecule has 0 spiro atoms. The molecule has 0 bridgehead atoms. The first-order valence-electron chi connectivity index (χ1n) is 8.00. The van der Waals surface area contributed by atoms with E-state index in [1.807, 2.05) is 30.3 Å². The van der Waals surface area contributed by atoms with Gasteiger partial charge in [0.2, 0.25) is 0 Å². The van der Waals surface area contributed by atoms with E-state index in [1.54, 1.807) is 31.2 Å². The highest BCUT2D eigenvalue weighted by molar-refractivity contribution is 8.00. The molecular formula is C19H20N2O4S. The van der Waals surface area contributed by atoms with E-state index in [9.17, 15) is 14.4 Å². The Morgan fingerprint density at radius 3 is 2.50 bits per heavy atom. The van der Waals surface area contributed by atoms with Gasteiger partial charge in [0.1, 0.15) is 5.25 Å². The Morgan fingerprint density at radius 2 is 1.81 bits per heavy atom. The molecule has 0 fully saturated rings. The van der Waals surface area contributed by atoms with Gasteiger partial charge in [0, 0.05) is 23.2 Å². The van der Waals surface area contributed by atoms with Gasteiger partial charge in [0.15, 0.2) is 6.61 Å². The molecule has 2 aromatic rings. The summed E-state index contributed by atoms with van der Waals surface area (Å²) in [5, 5.41) is 4.68. The number of esters is 1. The Hall–Kier alpha value is -2.80. The Kier molecular flexibility index (Phi) is 7.23. The number of anilines is 1. The van der Waals surface area contributed by atoms with E-state index in [-0.39, 0.29) is 12.5 Å². The molecule has 0 saturated heterocycles. The Balaban J connectivity index is 1.82. The molecule has 6 nitrogen and oxygen atoms in total. The summed E-state index contributed by atoms with van der Waals surface area (Å²) in [5.74, 6) is -1.18. The van der Waals surface area contributed by atoms with Crippen LogP contribution in [0.4, 0.5) is 5.69 Å². The summed E-state index contributed by atoms with van der Waals surface area (Å²) in [6.45, 7) is 1.34. The molecule has 136 valence electrons. The Morgan fingerprint density at radius 1 is 1.08 bits per heavy atom. The van der Waals surface area contributed by atoms with Gasteiger partial charge in [0.05, 0.1) is 0 Å². The zero-order chi connectivity index (χ0) is 18.9. The van der Waals surface area contributed by atoms with E-state index < -0.39 is 17.1 Å². The van der Waals surface area contributed by atoms with Gasteiger partial charge in [-0.25, -0.2) is 0 Å². The predicted octanol–water partition coefficient (Wildman–Crippen LogP) is 2.71. The maximum absolute atomic E-state index is 12.0. The monoisotopic (exact) mass is 372 g/mol. The van der Waals surface area contributed by atoms with E-state index in [2.05, 4.69) is 10.6 Å². The van der Waals surface area contributed by atoms with Gasteiger partial charge < -0.3 is 15.4 Å². The summed E-state index contributed by atoms with van der Waals surface area (Å²) in [4.78, 5) is 36.5. The zero-order valence-corrected chi connectivity index (χ0v) is 15.3. The van der Waals surface area contributed by atoms with Crippen molar-refractivity contribution >= 4 is 35.2 Å². The van der Waals surface area contributed by atoms with Crippen molar-refractivity contribution in [2.45, 2.75) is 17.1 Å². The lowest BCUT2D eigenvalue weighted by molar-refractivity contribution is -0.146. The van der Waals surface area contributed by atoms with E-state index in [4.69, 9.17) is 4.74 Å². The zero-order valence-electron chi connectivity index (χ0n) is 14.5. The smallest absolute Gasteiger partial charge is 0.319 e. The van der Waals surface area contributed by atoms with Crippen LogP contribution in [0.15, 0.2) is 59.5 Å². The van der Waals surface area contributed by atoms with Crippen LogP contribution in [0.5, 0.6) is 0 Å². The third-order valence-corrected chi connectivity index (χ3v) is 4.46. The summed E-state index contributed by atoms with van der Waals surface area (Å²) < 4.78 is 5.06. The SMILES string of the molecule is CNC(=O)c1cccc(NC(=O)COC(=O)[C@H](C)Sc2ccccc2)c1. The second-order valence-electron chi connectivity index (χ2n) is 5.39. The van der Waals surface area contributed by atoms with Crippen LogP contribution in [-0.4, -0.2) is 36.7 Å². The fourth-order valence-corrected chi connectivity index (χ4v) is 2.97. The fourth-order valence-electron chi connectivity index (χ4n) is 2.08. The summed E-state index contributed by atoms with van der Waals surface area (Å²) in [5.41, 5.74) is 0.883. The number of thioether (sulfide) groups is 1. The molecule has 2 aromatic carbocycles. The molecule has 0 aliphatic heterocycles. The van der Waals surface area contributed by atoms with E-state index in [0.29, 0.717) is 11.3 Å². The summed E-state index contributed by atoms with van der Waals surface area (Å²) in [7, 11) is 1.53. The number of hydrogen-bond acceptors (Lipinski definition) is 5. The number of benzene rings is 2. The Labute approximate surface area is 156 Å². The van der Waals surface area contributed by atoms with Crippen LogP contribution >= 0.6 is 11.8 Å². The third kappa shape index (κ3) is 5.93. The van der Waals surface area contributed by atoms with Crippen molar-refractivity contribution in [3.8, 4) is 0 Å². The van der Waals surface area contributed by atoms with Crippen molar-refractivity contribution in [2.75, 3.05) is 19.0 Å². The van der Waals surface area contributed by atoms with Crippen molar-refractivity contribution in [3.63, 3.8) is 0 Å². The van der Waals surface area contributed by atoms with Gasteiger partial charge in [-0.2, -0.15) is 0 Å². The number of carbonyl (C=O) groups is 3. The fraction of sp³-hybridized carbons (Fsp3) is 0.211. The van der Waals surface area contributed by atoms with Crippen molar-refractivity contribution in [1.82, 2.24) is 5.32 Å². The lowest BCUT2D eigenvalue weighted by Gasteiger charge is -2.11. The van der Waals surface area contributed by atoms with Crippen LogP contribution in [0.1, 0.15) is 17.3 Å². The summed E-state index contributed by atoms with van der Waals surface area (Å²) in [6.07, 6.45) is 0. The maximum atomic E-state index is 12.0. The van der Waals surface area contributed by atoms with Crippen molar-refractivity contribution in [2.24, 2.45) is 0 Å². The van der Waals surface area contributed by atoms with E-state index in [1.165, 1.54) is 18.8 Å². The van der Waals surface area contributed by atoms with Gasteiger partial charge in [0.25, 0.3) is 11.8 Å². The number of carbonyl (C=O) groups excluding carboxylic acids is 3. The van der Waals surface area contributed by atoms with Gasteiger partial charge in [-0.05, 0) is 37.3 Å². The second-order valence-corrected chi connectivity index (χ2v) is 6.80. The minimum atomic E-state index is -0.468. The van der Waals surface area contributed by atoms with Crippen molar-refractivity contribution < 1.29 is 19.1 Å². The number of nitrogens with one attached hydrogen (secondary N) is 2. The maximum Gasteiger partial charge on any atom is 0.319 e. The third-order valence-electron chi connectivity index (χ3n) is 3.37. The molecule has 1 atom stereocenters. The standard InChI is InChI=1S/C19H20N2O4S/c1-13(26-16-9-4-3-5-10-16)19(24)25-12-17(22)21-15-8-6-7-14(11-15)18(23)20-2/h3-11,13H,12H2,1-2H3,(H,20,23)(H,21,22)/t13-/m0/s1. The molecule has 2 amide bonds. The first-order chi connectivity index (χ1) is 12.5. The molecule has 0 aliphatic rings. The van der Waals surface area contributed by atoms with Gasteiger partial charge in [-0.1, -0.05) is 24.3 Å². The number of amides is 2. The van der Waals surface area contributed by atoms with Crippen LogP contribution in [0, 0.1) is 0 Å². The topological polar surface area (TPSA) is 84.5 Å². The second kappa shape index (κ2) is 9.62. The predicted molar refractivity (Wildman–Crippen MR) is 101 cm³/mol. The van der Waals surface area contributed by atoms with Crippen molar-refractivity contribution in [3.05, 3.63) is 60.2 Å². The van der Waals surface area contributed by atoms with E-state index >= 15 is 0 Å². The molecule has 0 heterocycles. The average molecular weight is 372 g/mol. The van der Waals surface area contributed by atoms with Crippen LogP contribution < -0.4 is 10.6 Å². The Bertz CT molecular complexity index is 780. The molecule has 2 N–H and O–H groups in total. The number of ether oxygens (including phenoxy) is 1. The van der Waals surface area contributed by atoms with Crippen molar-refractivity contribution in [1.29, 1.82) is 0 Å². The first-order valence-corrected chi connectivity index (χ1v) is 8.88. The quantitative estimate of drug-likeness (QED) is 0.577. The normalized spacial score (nSPS) is 11.3. The van der Waals surface area contributed by atoms with E-state index in [0.717, 1.165) is 4.90 Å². The van der Waals surface area contributed by atoms with Gasteiger partial charge in [-0.15, -0.1) is 11.8 Å². The van der Waals surface area contributed by atoms with Crippen LogP contribution in [0.2, 0.25) is 0 Å². The highest BCUT2D eigenvalue weighted by Crippen LogP contribution is 2.23. The summed E-state index contributed by atoms with van der Waals surface area (Å²) >= 11 is 1.36. The minimum absolute atomic E-state index is 0.251. The summed E-state index contributed by atoms with van der Waals surface area (Å²) in [6, 6.07) is 16.0. The molecule has 0 aliphatic carbocycles. The average Bonchev–Trinajstić information content (AvgIpc) is 2.66. The molecule has 26 heavy (non-hydrogen) atoms. The molecule has 7 heteroatoms. The highest BCUT2D eigenvalue weighted by atomic mass is 32.2.